The summed E-state index contributed by atoms with van der Waals surface area (Å²) in [4.78, 5) is 36.8. The summed E-state index contributed by atoms with van der Waals surface area (Å²) < 4.78 is 17.5. The van der Waals surface area contributed by atoms with Crippen LogP contribution in [0.4, 0.5) is 0 Å². The van der Waals surface area contributed by atoms with Gasteiger partial charge in [0.1, 0.15) is 12.2 Å². The van der Waals surface area contributed by atoms with Gasteiger partial charge in [-0.05, 0) is 55.9 Å². The number of aliphatic hydroxyl groups excluding tert-OH is 2. The lowest BCUT2D eigenvalue weighted by atomic mass is 9.43. The van der Waals surface area contributed by atoms with Gasteiger partial charge in [0.15, 0.2) is 0 Å². The molecule has 6 aliphatic rings. The van der Waals surface area contributed by atoms with Gasteiger partial charge in [0, 0.05) is 36.8 Å². The molecular weight excluding hydrogens is 542 g/mol. The number of cyclic esters (lactones) is 1. The Morgan fingerprint density at radius 1 is 1.29 bits per heavy atom. The maximum absolute atomic E-state index is 13.1. The van der Waals surface area contributed by atoms with Crippen molar-refractivity contribution in [3.05, 3.63) is 11.6 Å². The fourth-order valence-electron chi connectivity index (χ4n) is 8.76. The molecule has 4 aliphatic heterocycles. The van der Waals surface area contributed by atoms with Crippen LogP contribution in [0.15, 0.2) is 21.6 Å². The Bertz CT molecular complexity index is 1160. The number of carbonyl (C=O) groups is 2. The predicted octanol–water partition coefficient (Wildman–Crippen LogP) is 0.0285. The number of aliphatic imine (C=N–C) groups is 2. The number of hydrogen-bond donors (Lipinski definition) is 4. The molecule has 2 saturated heterocycles. The van der Waals surface area contributed by atoms with Crippen molar-refractivity contribution in [2.45, 2.75) is 76.3 Å². The molecule has 0 aromatic rings. The number of hydrogen-bond acceptors (Lipinski definition) is 11. The highest BCUT2D eigenvalue weighted by Gasteiger charge is 2.71. The fraction of sp³-hybridized carbons (Fsp3) is 0.800. The second-order valence-electron chi connectivity index (χ2n) is 13.4. The standard InChI is InChI=1S/C30H45N5O7/c1-18(25(38)34-27-31-7-8-32-27)33-20(19-5-11-41-26(19)39)14-22-28(2)6-4-24(37)29(3,16-36)21(28)15-23(30(22)17-42-30)35-9-12-40-13-10-35/h5,7,18,20-24,33,36-37H,4,6,8-17H2,1-3H3,(H,32,34,38)/t18?,20?,21?,22?,23?,24-,28+,29+,30?/m1/s1. The van der Waals surface area contributed by atoms with Gasteiger partial charge in [0.2, 0.25) is 11.9 Å². The van der Waals surface area contributed by atoms with Gasteiger partial charge in [-0.15, -0.1) is 0 Å². The Morgan fingerprint density at radius 2 is 2.05 bits per heavy atom. The summed E-state index contributed by atoms with van der Waals surface area (Å²) in [7, 11) is 0. The van der Waals surface area contributed by atoms with Crippen LogP contribution in [0, 0.1) is 22.7 Å². The number of ether oxygens (including phenoxy) is 3. The maximum Gasteiger partial charge on any atom is 0.335 e. The molecule has 2 saturated carbocycles. The van der Waals surface area contributed by atoms with Gasteiger partial charge in [-0.3, -0.25) is 20.3 Å². The van der Waals surface area contributed by atoms with E-state index in [0.29, 0.717) is 44.8 Å². The zero-order valence-electron chi connectivity index (χ0n) is 24.9. The molecule has 6 rings (SSSR count). The van der Waals surface area contributed by atoms with Gasteiger partial charge in [0.25, 0.3) is 0 Å². The first kappa shape index (κ1) is 29.8. The lowest BCUT2D eigenvalue weighted by molar-refractivity contribution is -0.197. The quantitative estimate of drug-likeness (QED) is 0.227. The Morgan fingerprint density at radius 3 is 2.67 bits per heavy atom. The average molecular weight is 588 g/mol. The first-order valence-electron chi connectivity index (χ1n) is 15.4. The van der Waals surface area contributed by atoms with Crippen LogP contribution in [-0.2, 0) is 23.8 Å². The van der Waals surface area contributed by atoms with Crippen molar-refractivity contribution in [3.8, 4) is 0 Å². The van der Waals surface area contributed by atoms with Crippen molar-refractivity contribution in [1.82, 2.24) is 15.5 Å². The Kier molecular flexibility index (Phi) is 8.07. The van der Waals surface area contributed by atoms with Crippen LogP contribution in [0.1, 0.15) is 46.5 Å². The Hall–Kier alpha value is -2.22. The number of rotatable bonds is 8. The van der Waals surface area contributed by atoms with Crippen molar-refractivity contribution in [2.24, 2.45) is 32.7 Å². The molecular formula is C30H45N5O7. The number of epoxide rings is 1. The highest BCUT2D eigenvalue weighted by Crippen LogP contribution is 2.67. The number of carbonyl (C=O) groups excluding carboxylic acids is 2. The first-order valence-corrected chi connectivity index (χ1v) is 15.4. The van der Waals surface area contributed by atoms with Gasteiger partial charge < -0.3 is 24.4 Å². The lowest BCUT2D eigenvalue weighted by Crippen LogP contribution is -2.68. The van der Waals surface area contributed by atoms with Crippen LogP contribution in [0.3, 0.4) is 0 Å². The van der Waals surface area contributed by atoms with Crippen molar-refractivity contribution in [2.75, 3.05) is 52.7 Å². The number of guanidine groups is 1. The molecule has 12 nitrogen and oxygen atoms in total. The topological polar surface area (TPSA) is 158 Å². The summed E-state index contributed by atoms with van der Waals surface area (Å²) in [6, 6.07) is -1.02. The smallest absolute Gasteiger partial charge is 0.335 e. The molecule has 0 aromatic carbocycles. The van der Waals surface area contributed by atoms with Crippen molar-refractivity contribution in [3.63, 3.8) is 0 Å². The molecule has 1 amide bonds. The minimum absolute atomic E-state index is 0.0131. The van der Waals surface area contributed by atoms with Gasteiger partial charge in [-0.2, -0.15) is 0 Å². The van der Waals surface area contributed by atoms with Gasteiger partial charge in [-0.1, -0.05) is 13.8 Å². The van der Waals surface area contributed by atoms with E-state index >= 15 is 0 Å². The molecule has 6 unspecified atom stereocenters. The first-order chi connectivity index (χ1) is 20.1. The van der Waals surface area contributed by atoms with Gasteiger partial charge in [-0.25, -0.2) is 14.8 Å². The fourth-order valence-corrected chi connectivity index (χ4v) is 8.76. The molecule has 0 aromatic heterocycles. The van der Waals surface area contributed by atoms with E-state index in [1.54, 1.807) is 19.2 Å². The van der Waals surface area contributed by atoms with E-state index in [-0.39, 0.29) is 54.3 Å². The molecule has 42 heavy (non-hydrogen) atoms. The molecule has 4 heterocycles. The van der Waals surface area contributed by atoms with Crippen LogP contribution < -0.4 is 10.6 Å². The lowest BCUT2D eigenvalue weighted by Gasteiger charge is -2.64. The molecule has 4 N–H and O–H groups in total. The molecule has 12 heteroatoms. The SMILES string of the molecule is CC(NC(CC1C2(CO2)C(N2CCOCC2)CC2[C@]1(C)CC[C@@H](O)[C@@]2(C)CO)C1=CCOC1=O)C(=O)NC1=NCC=N1. The number of fused-ring (bicyclic) bond motifs is 1. The Balaban J connectivity index is 1.34. The number of nitrogens with one attached hydrogen (secondary N) is 2. The third-order valence-corrected chi connectivity index (χ3v) is 11.2. The van der Waals surface area contributed by atoms with E-state index in [2.05, 4.69) is 32.4 Å². The summed E-state index contributed by atoms with van der Waals surface area (Å²) in [6.45, 7) is 10.1. The van der Waals surface area contributed by atoms with Crippen LogP contribution in [0.25, 0.3) is 0 Å². The summed E-state index contributed by atoms with van der Waals surface area (Å²) in [5, 5.41) is 28.2. The van der Waals surface area contributed by atoms with E-state index in [1.807, 2.05) is 6.92 Å². The van der Waals surface area contributed by atoms with E-state index in [1.165, 1.54) is 0 Å². The van der Waals surface area contributed by atoms with E-state index in [0.717, 1.165) is 25.9 Å². The van der Waals surface area contributed by atoms with Crippen molar-refractivity contribution < 1.29 is 34.0 Å². The predicted molar refractivity (Wildman–Crippen MR) is 154 cm³/mol. The minimum Gasteiger partial charge on any atom is -0.458 e. The summed E-state index contributed by atoms with van der Waals surface area (Å²) in [6.07, 6.45) is 5.56. The highest BCUT2D eigenvalue weighted by molar-refractivity contribution is 6.04. The van der Waals surface area contributed by atoms with Crippen LogP contribution >= 0.6 is 0 Å². The molecule has 9 atom stereocenters. The van der Waals surface area contributed by atoms with Gasteiger partial charge >= 0.3 is 5.97 Å². The molecule has 232 valence electrons. The Labute approximate surface area is 247 Å². The highest BCUT2D eigenvalue weighted by atomic mass is 16.6. The van der Waals surface area contributed by atoms with E-state index in [9.17, 15) is 19.8 Å². The molecule has 2 aliphatic carbocycles. The largest absolute Gasteiger partial charge is 0.458 e. The van der Waals surface area contributed by atoms with Crippen molar-refractivity contribution >= 4 is 24.1 Å². The van der Waals surface area contributed by atoms with Gasteiger partial charge in [0.05, 0.1) is 50.7 Å². The normalized spacial score (nSPS) is 41.1. The second kappa shape index (κ2) is 11.4. The summed E-state index contributed by atoms with van der Waals surface area (Å²) >= 11 is 0. The molecule has 1 spiro atoms. The summed E-state index contributed by atoms with van der Waals surface area (Å²) in [5.74, 6) is -0.363. The summed E-state index contributed by atoms with van der Waals surface area (Å²) in [5.41, 5.74) is -0.854. The van der Waals surface area contributed by atoms with Crippen molar-refractivity contribution in [1.29, 1.82) is 0 Å². The zero-order valence-corrected chi connectivity index (χ0v) is 24.9. The zero-order chi connectivity index (χ0) is 29.7. The molecule has 0 radical (unpaired) electrons. The van der Waals surface area contributed by atoms with Crippen LogP contribution in [0.5, 0.6) is 0 Å². The third-order valence-electron chi connectivity index (χ3n) is 11.2. The van der Waals surface area contributed by atoms with Crippen LogP contribution in [-0.4, -0.2) is 122 Å². The van der Waals surface area contributed by atoms with E-state index in [4.69, 9.17) is 14.2 Å². The number of aliphatic hydroxyl groups is 2. The molecule has 0 bridgehead atoms. The third kappa shape index (κ3) is 5.03. The number of nitrogens with zero attached hydrogens (tertiary/aromatic N) is 3. The second-order valence-corrected chi connectivity index (χ2v) is 13.4. The molecule has 4 fully saturated rings. The van der Waals surface area contributed by atoms with Crippen LogP contribution in [0.2, 0.25) is 0 Å². The minimum atomic E-state index is -0.670. The monoisotopic (exact) mass is 587 g/mol. The maximum atomic E-state index is 13.1. The number of esters is 1. The number of morpholine rings is 1. The van der Waals surface area contributed by atoms with E-state index < -0.39 is 29.2 Å². The number of amides is 1. The average Bonchev–Trinajstić information content (AvgIpc) is 3.35.